The number of rotatable bonds is 6. The Hall–Kier alpha value is -2.35. The molecule has 5 heteroatoms. The highest BCUT2D eigenvalue weighted by atomic mass is 19.1. The number of benzene rings is 1. The molecular weight excluding hydrogens is 259 g/mol. The number of carboxylic acids is 1. The molecule has 0 spiro atoms. The van der Waals surface area contributed by atoms with Gasteiger partial charge < -0.3 is 10.0 Å². The average molecular weight is 276 g/mol. The number of aliphatic carboxylic acids is 1. The summed E-state index contributed by atoms with van der Waals surface area (Å²) in [6.45, 7) is 4.85. The molecule has 0 amide bonds. The SMILES string of the molecule is CCN(CC(C)C#N)c1cc(F)cc(/C=C/C(=O)O)c1. The Morgan fingerprint density at radius 1 is 1.55 bits per heavy atom. The largest absolute Gasteiger partial charge is 0.478 e. The molecule has 1 N–H and O–H groups in total. The molecule has 0 aliphatic carbocycles. The number of carboxylic acid groups (broad SMARTS) is 1. The van der Waals surface area contributed by atoms with Crippen molar-refractivity contribution in [3.8, 4) is 6.07 Å². The zero-order valence-electron chi connectivity index (χ0n) is 11.5. The fraction of sp³-hybridized carbons (Fsp3) is 0.333. The molecule has 1 unspecified atom stereocenters. The van der Waals surface area contributed by atoms with E-state index in [0.29, 0.717) is 24.3 Å². The van der Waals surface area contributed by atoms with Crippen molar-refractivity contribution < 1.29 is 14.3 Å². The van der Waals surface area contributed by atoms with Crippen LogP contribution in [0.2, 0.25) is 0 Å². The van der Waals surface area contributed by atoms with Gasteiger partial charge in [-0.3, -0.25) is 0 Å². The molecule has 20 heavy (non-hydrogen) atoms. The van der Waals surface area contributed by atoms with E-state index in [1.165, 1.54) is 18.2 Å². The zero-order valence-corrected chi connectivity index (χ0v) is 11.5. The van der Waals surface area contributed by atoms with Gasteiger partial charge in [-0.1, -0.05) is 0 Å². The van der Waals surface area contributed by atoms with Crippen LogP contribution in [0.4, 0.5) is 10.1 Å². The van der Waals surface area contributed by atoms with E-state index in [-0.39, 0.29) is 5.92 Å². The maximum Gasteiger partial charge on any atom is 0.328 e. The van der Waals surface area contributed by atoms with Crippen LogP contribution in [0.25, 0.3) is 6.08 Å². The van der Waals surface area contributed by atoms with Crippen LogP contribution in [0.3, 0.4) is 0 Å². The topological polar surface area (TPSA) is 64.3 Å². The van der Waals surface area contributed by atoms with Gasteiger partial charge in [0.25, 0.3) is 0 Å². The van der Waals surface area contributed by atoms with Gasteiger partial charge in [0.2, 0.25) is 0 Å². The van der Waals surface area contributed by atoms with E-state index in [2.05, 4.69) is 6.07 Å². The highest BCUT2D eigenvalue weighted by molar-refractivity contribution is 5.85. The van der Waals surface area contributed by atoms with Crippen molar-refractivity contribution in [1.82, 2.24) is 0 Å². The molecule has 0 aliphatic rings. The van der Waals surface area contributed by atoms with E-state index in [0.717, 1.165) is 6.08 Å². The summed E-state index contributed by atoms with van der Waals surface area (Å²) >= 11 is 0. The monoisotopic (exact) mass is 276 g/mol. The Morgan fingerprint density at radius 2 is 2.25 bits per heavy atom. The Labute approximate surface area is 117 Å². The van der Waals surface area contributed by atoms with E-state index in [9.17, 15) is 9.18 Å². The summed E-state index contributed by atoms with van der Waals surface area (Å²) in [5, 5.41) is 17.4. The first-order chi connectivity index (χ1) is 9.46. The van der Waals surface area contributed by atoms with E-state index < -0.39 is 11.8 Å². The Balaban J connectivity index is 3.04. The van der Waals surface area contributed by atoms with Crippen molar-refractivity contribution in [3.63, 3.8) is 0 Å². The minimum absolute atomic E-state index is 0.170. The van der Waals surface area contributed by atoms with Gasteiger partial charge in [-0.2, -0.15) is 5.26 Å². The van der Waals surface area contributed by atoms with Crippen LogP contribution in [-0.4, -0.2) is 24.2 Å². The fourth-order valence-electron chi connectivity index (χ4n) is 1.83. The summed E-state index contributed by atoms with van der Waals surface area (Å²) in [5.74, 6) is -1.69. The number of hydrogen-bond acceptors (Lipinski definition) is 3. The summed E-state index contributed by atoms with van der Waals surface area (Å²) in [6, 6.07) is 6.50. The Bertz CT molecular complexity index is 549. The molecule has 0 heterocycles. The van der Waals surface area contributed by atoms with Gasteiger partial charge in [-0.05, 0) is 43.7 Å². The first kappa shape index (κ1) is 15.7. The van der Waals surface area contributed by atoms with Gasteiger partial charge in [0.1, 0.15) is 5.82 Å². The molecule has 106 valence electrons. The van der Waals surface area contributed by atoms with Crippen molar-refractivity contribution in [2.75, 3.05) is 18.0 Å². The predicted molar refractivity (Wildman–Crippen MR) is 75.7 cm³/mol. The second-order valence-electron chi connectivity index (χ2n) is 4.48. The van der Waals surface area contributed by atoms with Crippen LogP contribution in [0.1, 0.15) is 19.4 Å². The quantitative estimate of drug-likeness (QED) is 0.811. The summed E-state index contributed by atoms with van der Waals surface area (Å²) in [7, 11) is 0. The molecule has 0 aliphatic heterocycles. The summed E-state index contributed by atoms with van der Waals surface area (Å²) in [5.41, 5.74) is 1.12. The lowest BCUT2D eigenvalue weighted by Crippen LogP contribution is -2.27. The van der Waals surface area contributed by atoms with Gasteiger partial charge in [0.05, 0.1) is 12.0 Å². The first-order valence-electron chi connectivity index (χ1n) is 6.32. The van der Waals surface area contributed by atoms with Gasteiger partial charge in [0, 0.05) is 24.9 Å². The van der Waals surface area contributed by atoms with Crippen LogP contribution in [0.15, 0.2) is 24.3 Å². The third kappa shape index (κ3) is 4.73. The van der Waals surface area contributed by atoms with Crippen LogP contribution in [0.5, 0.6) is 0 Å². The molecule has 0 saturated heterocycles. The molecule has 0 saturated carbocycles. The van der Waals surface area contributed by atoms with Gasteiger partial charge in [-0.15, -0.1) is 0 Å². The molecule has 1 aromatic carbocycles. The second kappa shape index (κ2) is 7.29. The number of nitriles is 1. The molecule has 0 fully saturated rings. The standard InChI is InChI=1S/C15H17FN2O2/c1-3-18(10-11(2)9-17)14-7-12(4-5-15(19)20)6-13(16)8-14/h4-8,11H,3,10H2,1-2H3,(H,19,20)/b5-4+. The molecule has 1 atom stereocenters. The first-order valence-corrected chi connectivity index (χ1v) is 6.32. The normalized spacial score (nSPS) is 12.1. The minimum Gasteiger partial charge on any atom is -0.478 e. The number of hydrogen-bond donors (Lipinski definition) is 1. The highest BCUT2D eigenvalue weighted by Crippen LogP contribution is 2.20. The van der Waals surface area contributed by atoms with Crippen LogP contribution in [-0.2, 0) is 4.79 Å². The van der Waals surface area contributed by atoms with Crippen LogP contribution < -0.4 is 4.90 Å². The number of carbonyl (C=O) groups is 1. The Morgan fingerprint density at radius 3 is 2.80 bits per heavy atom. The predicted octanol–water partition coefficient (Wildman–Crippen LogP) is 2.91. The summed E-state index contributed by atoms with van der Waals surface area (Å²) in [6.07, 6.45) is 2.31. The minimum atomic E-state index is -1.08. The third-order valence-electron chi connectivity index (χ3n) is 2.78. The summed E-state index contributed by atoms with van der Waals surface area (Å²) < 4.78 is 13.6. The number of nitrogens with zero attached hydrogens (tertiary/aromatic N) is 2. The van der Waals surface area contributed by atoms with Gasteiger partial charge >= 0.3 is 5.97 Å². The van der Waals surface area contributed by atoms with Gasteiger partial charge in [0.15, 0.2) is 0 Å². The molecule has 1 aromatic rings. The van der Waals surface area contributed by atoms with Gasteiger partial charge in [-0.25, -0.2) is 9.18 Å². The molecule has 1 rings (SSSR count). The van der Waals surface area contributed by atoms with E-state index in [1.807, 2.05) is 11.8 Å². The van der Waals surface area contributed by atoms with Crippen molar-refractivity contribution in [2.45, 2.75) is 13.8 Å². The highest BCUT2D eigenvalue weighted by Gasteiger charge is 2.10. The zero-order chi connectivity index (χ0) is 15.1. The maximum atomic E-state index is 13.6. The average Bonchev–Trinajstić information content (AvgIpc) is 2.41. The van der Waals surface area contributed by atoms with Crippen molar-refractivity contribution in [1.29, 1.82) is 5.26 Å². The fourth-order valence-corrected chi connectivity index (χ4v) is 1.83. The second-order valence-corrected chi connectivity index (χ2v) is 4.48. The summed E-state index contributed by atoms with van der Waals surface area (Å²) in [4.78, 5) is 12.4. The lowest BCUT2D eigenvalue weighted by molar-refractivity contribution is -0.131. The number of halogens is 1. The van der Waals surface area contributed by atoms with Crippen LogP contribution >= 0.6 is 0 Å². The molecule has 0 bridgehead atoms. The maximum absolute atomic E-state index is 13.6. The van der Waals surface area contributed by atoms with Crippen molar-refractivity contribution in [3.05, 3.63) is 35.7 Å². The van der Waals surface area contributed by atoms with Crippen molar-refractivity contribution >= 4 is 17.7 Å². The van der Waals surface area contributed by atoms with Crippen LogP contribution in [0, 0.1) is 23.1 Å². The number of anilines is 1. The molecular formula is C15H17FN2O2. The lowest BCUT2D eigenvalue weighted by Gasteiger charge is -2.24. The van der Waals surface area contributed by atoms with E-state index >= 15 is 0 Å². The smallest absolute Gasteiger partial charge is 0.328 e. The molecule has 4 nitrogen and oxygen atoms in total. The third-order valence-corrected chi connectivity index (χ3v) is 2.78. The Kier molecular flexibility index (Phi) is 5.73. The van der Waals surface area contributed by atoms with Crippen molar-refractivity contribution in [2.24, 2.45) is 5.92 Å². The van der Waals surface area contributed by atoms with E-state index in [1.54, 1.807) is 13.0 Å². The molecule has 0 aromatic heterocycles. The van der Waals surface area contributed by atoms with E-state index in [4.69, 9.17) is 10.4 Å². The lowest BCUT2D eigenvalue weighted by atomic mass is 10.1. The molecule has 0 radical (unpaired) electrons.